The van der Waals surface area contributed by atoms with E-state index in [0.29, 0.717) is 5.56 Å². The number of rotatable bonds is 3. The number of pyridine rings is 1. The van der Waals surface area contributed by atoms with Crippen molar-refractivity contribution in [3.8, 4) is 39.6 Å². The minimum atomic E-state index is 0.634. The highest BCUT2D eigenvalue weighted by molar-refractivity contribution is 6.15. The van der Waals surface area contributed by atoms with Gasteiger partial charge in [-0.25, -0.2) is 4.57 Å². The summed E-state index contributed by atoms with van der Waals surface area (Å²) in [5.74, 6) is 0. The van der Waals surface area contributed by atoms with Gasteiger partial charge in [0.15, 0.2) is 11.8 Å². The van der Waals surface area contributed by atoms with Crippen LogP contribution >= 0.6 is 0 Å². The van der Waals surface area contributed by atoms with Crippen LogP contribution in [-0.4, -0.2) is 0 Å². The topological polar surface area (TPSA) is 40.8 Å². The highest BCUT2D eigenvalue weighted by atomic mass is 16.3. The fraction of sp³-hybridized carbons (Fsp3) is 0.0625. The molecule has 3 heteroatoms. The Morgan fingerprint density at radius 1 is 0.743 bits per heavy atom. The molecule has 0 spiro atoms. The summed E-state index contributed by atoms with van der Waals surface area (Å²) in [4.78, 5) is 0. The fourth-order valence-corrected chi connectivity index (χ4v) is 4.99. The zero-order valence-electron chi connectivity index (χ0n) is 19.6. The maximum absolute atomic E-state index is 9.98. The van der Waals surface area contributed by atoms with Crippen LogP contribution in [0.5, 0.6) is 0 Å². The van der Waals surface area contributed by atoms with Crippen LogP contribution in [0.15, 0.2) is 108 Å². The van der Waals surface area contributed by atoms with Crippen LogP contribution in [0.4, 0.5) is 0 Å². The van der Waals surface area contributed by atoms with Crippen LogP contribution < -0.4 is 4.57 Å². The Labute approximate surface area is 204 Å². The number of hydrogen-bond donors (Lipinski definition) is 0. The summed E-state index contributed by atoms with van der Waals surface area (Å²) < 4.78 is 8.74. The van der Waals surface area contributed by atoms with Crippen molar-refractivity contribution in [2.24, 2.45) is 7.05 Å². The van der Waals surface area contributed by atoms with Gasteiger partial charge in [-0.1, -0.05) is 72.8 Å². The van der Waals surface area contributed by atoms with Gasteiger partial charge in [-0.05, 0) is 41.3 Å². The fourth-order valence-electron chi connectivity index (χ4n) is 4.99. The first kappa shape index (κ1) is 20.9. The number of benzene rings is 4. The van der Waals surface area contributed by atoms with Crippen molar-refractivity contribution in [1.29, 1.82) is 5.26 Å². The highest BCUT2D eigenvalue weighted by Gasteiger charge is 2.24. The molecule has 166 valence electrons. The van der Waals surface area contributed by atoms with E-state index in [9.17, 15) is 5.26 Å². The number of hydrogen-bond acceptors (Lipinski definition) is 2. The van der Waals surface area contributed by atoms with Crippen LogP contribution in [0.1, 0.15) is 11.1 Å². The van der Waals surface area contributed by atoms with Crippen LogP contribution in [0.2, 0.25) is 0 Å². The number of aromatic nitrogens is 1. The molecule has 2 heterocycles. The van der Waals surface area contributed by atoms with Gasteiger partial charge in [0.05, 0.1) is 17.2 Å². The third kappa shape index (κ3) is 3.39. The average molecular weight is 452 g/mol. The maximum Gasteiger partial charge on any atom is 0.216 e. The van der Waals surface area contributed by atoms with Gasteiger partial charge in [-0.3, -0.25) is 0 Å². The lowest BCUT2D eigenvalue weighted by Crippen LogP contribution is -2.30. The Bertz CT molecular complexity index is 1750. The van der Waals surface area contributed by atoms with Gasteiger partial charge in [0.25, 0.3) is 0 Å². The molecule has 0 N–H and O–H groups in total. The predicted octanol–water partition coefficient (Wildman–Crippen LogP) is 7.59. The Morgan fingerprint density at radius 2 is 1.46 bits per heavy atom. The van der Waals surface area contributed by atoms with Gasteiger partial charge in [0.1, 0.15) is 12.6 Å². The van der Waals surface area contributed by atoms with Gasteiger partial charge in [-0.2, -0.15) is 5.26 Å². The van der Waals surface area contributed by atoms with Crippen molar-refractivity contribution in [3.63, 3.8) is 0 Å². The zero-order valence-corrected chi connectivity index (χ0v) is 19.6. The third-order valence-corrected chi connectivity index (χ3v) is 6.70. The minimum absolute atomic E-state index is 0.634. The average Bonchev–Trinajstić information content (AvgIpc) is 3.29. The second-order valence-electron chi connectivity index (χ2n) is 8.86. The predicted molar refractivity (Wildman–Crippen MR) is 141 cm³/mol. The van der Waals surface area contributed by atoms with E-state index in [0.717, 1.165) is 49.9 Å². The summed E-state index contributed by atoms with van der Waals surface area (Å²) in [6, 6.07) is 35.6. The summed E-state index contributed by atoms with van der Waals surface area (Å²) in [6.45, 7) is 2.04. The van der Waals surface area contributed by atoms with E-state index in [4.69, 9.17) is 4.42 Å². The SMILES string of the molecule is Cc1cc(C#N)c2c(oc3c(-c4ccc(-c5ccccc5)cc4)cccc32)c1-c1cccc[n+]1C. The summed E-state index contributed by atoms with van der Waals surface area (Å²) in [5, 5.41) is 11.8. The van der Waals surface area contributed by atoms with Crippen molar-refractivity contribution in [3.05, 3.63) is 114 Å². The zero-order chi connectivity index (χ0) is 23.9. The molecule has 6 rings (SSSR count). The van der Waals surface area contributed by atoms with Crippen molar-refractivity contribution in [2.45, 2.75) is 6.92 Å². The van der Waals surface area contributed by atoms with E-state index in [1.165, 1.54) is 11.1 Å². The van der Waals surface area contributed by atoms with Crippen LogP contribution in [0.25, 0.3) is 55.4 Å². The molecule has 3 nitrogen and oxygen atoms in total. The van der Waals surface area contributed by atoms with Crippen LogP contribution in [-0.2, 0) is 7.05 Å². The van der Waals surface area contributed by atoms with Crippen molar-refractivity contribution < 1.29 is 8.98 Å². The normalized spacial score (nSPS) is 11.1. The Hall–Kier alpha value is -4.68. The number of fused-ring (bicyclic) bond motifs is 3. The molecule has 0 amide bonds. The lowest BCUT2D eigenvalue weighted by atomic mass is 9.95. The van der Waals surface area contributed by atoms with E-state index in [2.05, 4.69) is 71.3 Å². The second kappa shape index (κ2) is 8.27. The number of furan rings is 1. The molecule has 0 aliphatic carbocycles. The summed E-state index contributed by atoms with van der Waals surface area (Å²) in [6.07, 6.45) is 2.03. The minimum Gasteiger partial charge on any atom is -0.454 e. The van der Waals surface area contributed by atoms with Gasteiger partial charge < -0.3 is 4.42 Å². The molecule has 35 heavy (non-hydrogen) atoms. The standard InChI is InChI=1S/C32H23N2O/c1-21-19-25(20-33)30-27-12-8-11-26(24-16-14-23(15-17-24)22-9-4-3-5-10-22)31(27)35-32(30)29(21)28-13-6-7-18-34(28)2/h3-19H,1-2H3/q+1. The molecule has 0 aliphatic rings. The first-order valence-electron chi connectivity index (χ1n) is 11.7. The number of para-hydroxylation sites is 1. The van der Waals surface area contributed by atoms with Crippen LogP contribution in [0.3, 0.4) is 0 Å². The van der Waals surface area contributed by atoms with Crippen molar-refractivity contribution >= 4 is 21.9 Å². The molecule has 0 bridgehead atoms. The molecular weight excluding hydrogens is 428 g/mol. The van der Waals surface area contributed by atoms with Gasteiger partial charge in [-0.15, -0.1) is 0 Å². The van der Waals surface area contributed by atoms with Crippen molar-refractivity contribution in [2.75, 3.05) is 0 Å². The van der Waals surface area contributed by atoms with E-state index < -0.39 is 0 Å². The number of nitrogens with zero attached hydrogens (tertiary/aromatic N) is 2. The number of nitriles is 1. The van der Waals surface area contributed by atoms with Gasteiger partial charge in [0, 0.05) is 28.5 Å². The molecule has 0 atom stereocenters. The molecule has 0 unspecified atom stereocenters. The summed E-state index contributed by atoms with van der Waals surface area (Å²) >= 11 is 0. The maximum atomic E-state index is 9.98. The molecule has 0 fully saturated rings. The van der Waals surface area contributed by atoms with Gasteiger partial charge in [0.2, 0.25) is 5.69 Å². The molecule has 0 radical (unpaired) electrons. The Balaban J connectivity index is 1.61. The van der Waals surface area contributed by atoms with E-state index in [1.807, 2.05) is 56.6 Å². The largest absolute Gasteiger partial charge is 0.454 e. The monoisotopic (exact) mass is 451 g/mol. The second-order valence-corrected chi connectivity index (χ2v) is 8.86. The molecule has 4 aromatic carbocycles. The smallest absolute Gasteiger partial charge is 0.216 e. The molecular formula is C32H23N2O+. The molecule has 0 aliphatic heterocycles. The van der Waals surface area contributed by atoms with Crippen LogP contribution in [0, 0.1) is 18.3 Å². The Morgan fingerprint density at radius 3 is 2.20 bits per heavy atom. The molecule has 0 saturated carbocycles. The van der Waals surface area contributed by atoms with Gasteiger partial charge >= 0.3 is 0 Å². The summed E-state index contributed by atoms with van der Waals surface area (Å²) in [7, 11) is 2.03. The molecule has 2 aromatic heterocycles. The van der Waals surface area contributed by atoms with E-state index >= 15 is 0 Å². The molecule has 0 saturated heterocycles. The highest BCUT2D eigenvalue weighted by Crippen LogP contribution is 2.42. The number of aryl methyl sites for hydroxylation is 2. The first-order chi connectivity index (χ1) is 17.2. The molecule has 6 aromatic rings. The third-order valence-electron chi connectivity index (χ3n) is 6.70. The van der Waals surface area contributed by atoms with Crippen molar-refractivity contribution in [1.82, 2.24) is 0 Å². The van der Waals surface area contributed by atoms with E-state index in [1.54, 1.807) is 0 Å². The Kier molecular flexibility index (Phi) is 4.94. The lowest BCUT2D eigenvalue weighted by Gasteiger charge is -2.06. The first-order valence-corrected chi connectivity index (χ1v) is 11.7. The lowest BCUT2D eigenvalue weighted by molar-refractivity contribution is -0.660. The summed E-state index contributed by atoms with van der Waals surface area (Å²) in [5.41, 5.74) is 9.74. The van der Waals surface area contributed by atoms with E-state index in [-0.39, 0.29) is 0 Å². The quantitative estimate of drug-likeness (QED) is 0.260.